The van der Waals surface area contributed by atoms with E-state index in [-0.39, 0.29) is 16.6 Å². The van der Waals surface area contributed by atoms with Crippen LogP contribution in [-0.2, 0) is 26.2 Å². The van der Waals surface area contributed by atoms with Gasteiger partial charge in [-0.25, -0.2) is 18.7 Å². The van der Waals surface area contributed by atoms with E-state index >= 15 is 0 Å². The molecule has 0 amide bonds. The quantitative estimate of drug-likeness (QED) is 0.131. The van der Waals surface area contributed by atoms with Crippen LogP contribution in [0, 0.1) is 11.6 Å². The molecule has 0 saturated heterocycles. The molecule has 5 rings (SSSR count). The standard InChI is InChI=1S/C31H30F2N6O4S/c1-3-37(4-2)16-17-38-15-14-23-18-22(8-13-29(23)38)28-19-30(35-20-34-28)36-24-9-11-25(12-10-24)39(43-21-40)44(41,42)31-26(32)6-5-7-27(31)33/h5-15,18-21H,3-4,16-17H2,1-2H3,(H,34,35,36). The van der Waals surface area contributed by atoms with Crippen molar-refractivity contribution in [2.75, 3.05) is 29.4 Å². The zero-order valence-corrected chi connectivity index (χ0v) is 24.8. The molecule has 228 valence electrons. The van der Waals surface area contributed by atoms with Crippen LogP contribution in [-0.4, -0.2) is 54.0 Å². The molecule has 5 aromatic rings. The average molecular weight is 621 g/mol. The summed E-state index contributed by atoms with van der Waals surface area (Å²) in [4.78, 5) is 25.6. The van der Waals surface area contributed by atoms with Crippen LogP contribution in [0.4, 0.5) is 26.0 Å². The number of nitrogens with one attached hydrogen (secondary N) is 1. The molecule has 0 fully saturated rings. The van der Waals surface area contributed by atoms with Gasteiger partial charge in [0.05, 0.1) is 11.4 Å². The highest BCUT2D eigenvalue weighted by atomic mass is 32.2. The Morgan fingerprint density at radius 3 is 2.36 bits per heavy atom. The van der Waals surface area contributed by atoms with Gasteiger partial charge in [-0.1, -0.05) is 30.4 Å². The van der Waals surface area contributed by atoms with Gasteiger partial charge in [0.25, 0.3) is 0 Å². The Kier molecular flexibility index (Phi) is 9.16. The third-order valence-electron chi connectivity index (χ3n) is 7.17. The van der Waals surface area contributed by atoms with Gasteiger partial charge in [-0.3, -0.25) is 4.79 Å². The van der Waals surface area contributed by atoms with Crippen LogP contribution >= 0.6 is 0 Å². The molecular formula is C31H30F2N6O4S. The first-order valence-corrected chi connectivity index (χ1v) is 15.3. The number of nitrogens with zero attached hydrogens (tertiary/aromatic N) is 5. The molecule has 44 heavy (non-hydrogen) atoms. The highest BCUT2D eigenvalue weighted by Crippen LogP contribution is 2.30. The lowest BCUT2D eigenvalue weighted by Gasteiger charge is -2.21. The fraction of sp³-hybridized carbons (Fsp3) is 0.194. The van der Waals surface area contributed by atoms with Crippen molar-refractivity contribution in [2.45, 2.75) is 25.3 Å². The van der Waals surface area contributed by atoms with Gasteiger partial charge in [0, 0.05) is 47.5 Å². The molecule has 13 heteroatoms. The maximum atomic E-state index is 14.3. The van der Waals surface area contributed by atoms with Crippen LogP contribution < -0.4 is 9.79 Å². The Labute approximate surface area is 253 Å². The van der Waals surface area contributed by atoms with Crippen molar-refractivity contribution in [1.29, 1.82) is 0 Å². The van der Waals surface area contributed by atoms with E-state index in [2.05, 4.69) is 67.8 Å². The number of carbonyl (C=O) groups excluding carboxylic acids is 1. The lowest BCUT2D eigenvalue weighted by Crippen LogP contribution is -2.32. The third kappa shape index (κ3) is 6.38. The zero-order valence-electron chi connectivity index (χ0n) is 24.0. The summed E-state index contributed by atoms with van der Waals surface area (Å²) in [5.74, 6) is -2.18. The molecule has 3 aromatic carbocycles. The van der Waals surface area contributed by atoms with Crippen LogP contribution in [0.25, 0.3) is 22.2 Å². The van der Waals surface area contributed by atoms with E-state index in [1.807, 2.05) is 6.07 Å². The number of likely N-dealkylation sites (N-methyl/N-ethyl adjacent to an activating group) is 1. The average Bonchev–Trinajstić information content (AvgIpc) is 3.43. The van der Waals surface area contributed by atoms with E-state index < -0.39 is 26.6 Å². The maximum absolute atomic E-state index is 14.3. The molecule has 0 aliphatic carbocycles. The monoisotopic (exact) mass is 620 g/mol. The summed E-state index contributed by atoms with van der Waals surface area (Å²) >= 11 is 0. The van der Waals surface area contributed by atoms with E-state index in [1.54, 1.807) is 6.07 Å². The molecule has 0 unspecified atom stereocenters. The second-order valence-corrected chi connectivity index (χ2v) is 11.4. The first-order valence-electron chi connectivity index (χ1n) is 13.9. The Bertz CT molecular complexity index is 1860. The molecular weight excluding hydrogens is 590 g/mol. The van der Waals surface area contributed by atoms with E-state index in [1.165, 1.54) is 30.6 Å². The summed E-state index contributed by atoms with van der Waals surface area (Å²) in [6.45, 7) is 8.07. The van der Waals surface area contributed by atoms with Crippen LogP contribution in [0.5, 0.6) is 0 Å². The lowest BCUT2D eigenvalue weighted by molar-refractivity contribution is -0.128. The highest BCUT2D eigenvalue weighted by Gasteiger charge is 2.33. The van der Waals surface area contributed by atoms with Crippen LogP contribution in [0.1, 0.15) is 13.8 Å². The van der Waals surface area contributed by atoms with E-state index in [9.17, 15) is 22.0 Å². The second kappa shape index (κ2) is 13.2. The number of anilines is 3. The zero-order chi connectivity index (χ0) is 31.3. The van der Waals surface area contributed by atoms with E-state index in [0.717, 1.165) is 60.8 Å². The summed E-state index contributed by atoms with van der Waals surface area (Å²) in [5.41, 5.74) is 3.10. The normalized spacial score (nSPS) is 11.6. The number of sulfonamides is 1. The third-order valence-corrected chi connectivity index (χ3v) is 8.81. The molecule has 0 spiro atoms. The number of hydrogen-bond donors (Lipinski definition) is 1. The molecule has 0 bridgehead atoms. The number of carbonyl (C=O) groups is 1. The van der Waals surface area contributed by atoms with Gasteiger partial charge in [0.2, 0.25) is 0 Å². The maximum Gasteiger partial charge on any atom is 0.322 e. The van der Waals surface area contributed by atoms with Crippen molar-refractivity contribution in [3.8, 4) is 11.3 Å². The van der Waals surface area contributed by atoms with E-state index in [0.29, 0.717) is 17.2 Å². The number of aromatic nitrogens is 3. The summed E-state index contributed by atoms with van der Waals surface area (Å²) in [5, 5.41) is 4.22. The predicted octanol–water partition coefficient (Wildman–Crippen LogP) is 5.75. The topological polar surface area (TPSA) is 110 Å². The van der Waals surface area contributed by atoms with Gasteiger partial charge in [0.15, 0.2) is 4.90 Å². The Hall–Kier alpha value is -4.88. The van der Waals surface area contributed by atoms with Crippen molar-refractivity contribution in [3.63, 3.8) is 0 Å². The van der Waals surface area contributed by atoms with Crippen molar-refractivity contribution in [1.82, 2.24) is 19.4 Å². The van der Waals surface area contributed by atoms with Crippen LogP contribution in [0.15, 0.2) is 90.2 Å². The fourth-order valence-corrected chi connectivity index (χ4v) is 6.19. The number of hydrogen-bond acceptors (Lipinski definition) is 8. The van der Waals surface area contributed by atoms with Gasteiger partial charge in [-0.05, 0) is 67.7 Å². The van der Waals surface area contributed by atoms with Crippen LogP contribution in [0.2, 0.25) is 0 Å². The Morgan fingerprint density at radius 1 is 0.955 bits per heavy atom. The molecule has 0 saturated carbocycles. The Morgan fingerprint density at radius 2 is 1.68 bits per heavy atom. The fourth-order valence-electron chi connectivity index (χ4n) is 4.85. The summed E-state index contributed by atoms with van der Waals surface area (Å²) in [6, 6.07) is 18.3. The first kappa shape index (κ1) is 30.6. The van der Waals surface area contributed by atoms with E-state index in [4.69, 9.17) is 0 Å². The first-order chi connectivity index (χ1) is 21.2. The van der Waals surface area contributed by atoms with Crippen LogP contribution in [0.3, 0.4) is 0 Å². The van der Waals surface area contributed by atoms with Gasteiger partial charge in [0.1, 0.15) is 23.8 Å². The Balaban J connectivity index is 1.34. The largest absolute Gasteiger partial charge is 0.346 e. The number of benzene rings is 3. The van der Waals surface area contributed by atoms with Gasteiger partial charge < -0.3 is 19.6 Å². The highest BCUT2D eigenvalue weighted by molar-refractivity contribution is 7.92. The smallest absolute Gasteiger partial charge is 0.322 e. The van der Waals surface area contributed by atoms with Crippen molar-refractivity contribution in [2.24, 2.45) is 0 Å². The SMILES string of the molecule is CCN(CC)CCn1ccc2cc(-c3cc(Nc4ccc(N(OC=O)S(=O)(=O)c5c(F)cccc5F)cc4)ncn3)ccc21. The minimum atomic E-state index is -4.92. The molecule has 2 heterocycles. The summed E-state index contributed by atoms with van der Waals surface area (Å²) in [7, 11) is -4.92. The number of halogens is 2. The second-order valence-electron chi connectivity index (χ2n) is 9.75. The number of rotatable bonds is 13. The molecule has 0 aliphatic rings. The molecule has 1 N–H and O–H groups in total. The number of fused-ring (bicyclic) bond motifs is 1. The minimum absolute atomic E-state index is 0.149. The van der Waals surface area contributed by atoms with Gasteiger partial charge in [-0.15, -0.1) is 0 Å². The predicted molar refractivity (Wildman–Crippen MR) is 164 cm³/mol. The lowest BCUT2D eigenvalue weighted by atomic mass is 10.1. The van der Waals surface area contributed by atoms with Gasteiger partial charge >= 0.3 is 16.5 Å². The summed E-state index contributed by atoms with van der Waals surface area (Å²) < 4.78 is 57.0. The molecule has 0 radical (unpaired) electrons. The van der Waals surface area contributed by atoms with Crippen molar-refractivity contribution < 1.29 is 26.8 Å². The van der Waals surface area contributed by atoms with Crippen molar-refractivity contribution >= 4 is 44.6 Å². The molecule has 0 atom stereocenters. The minimum Gasteiger partial charge on any atom is -0.346 e. The van der Waals surface area contributed by atoms with Crippen molar-refractivity contribution in [3.05, 3.63) is 97.0 Å². The van der Waals surface area contributed by atoms with Gasteiger partial charge in [-0.2, -0.15) is 8.42 Å². The molecule has 2 aromatic heterocycles. The summed E-state index contributed by atoms with van der Waals surface area (Å²) in [6.07, 6.45) is 3.52. The molecule has 10 nitrogen and oxygen atoms in total. The molecule has 0 aliphatic heterocycles.